The molecule has 1 rings (SSSR count). The molecule has 0 radical (unpaired) electrons. The zero-order valence-electron chi connectivity index (χ0n) is 13.0. The average Bonchev–Trinajstić information content (AvgIpc) is 2.47. The molecule has 0 fully saturated rings. The van der Waals surface area contributed by atoms with E-state index >= 15 is 0 Å². The Hall–Kier alpha value is -1.02. The number of halogens is 1. The molecule has 1 unspecified atom stereocenters. The molecular weight excluding hydrogens is 284 g/mol. The van der Waals surface area contributed by atoms with Crippen molar-refractivity contribution in [2.45, 2.75) is 70.3 Å². The van der Waals surface area contributed by atoms with Gasteiger partial charge >= 0.3 is 5.97 Å². The van der Waals surface area contributed by atoms with Gasteiger partial charge in [0.25, 0.3) is 0 Å². The lowest BCUT2D eigenvalue weighted by Crippen LogP contribution is -2.14. The van der Waals surface area contributed by atoms with Crippen molar-refractivity contribution in [2.75, 3.05) is 0 Å². The quantitative estimate of drug-likeness (QED) is 0.307. The van der Waals surface area contributed by atoms with Gasteiger partial charge in [0.1, 0.15) is 0 Å². The van der Waals surface area contributed by atoms with Crippen LogP contribution in [0.5, 0.6) is 0 Å². The summed E-state index contributed by atoms with van der Waals surface area (Å²) in [6, 6.07) is 9.84. The third-order valence-corrected chi connectivity index (χ3v) is 3.73. The molecule has 0 amide bonds. The number of carbonyl (C=O) groups excluding carboxylic acids is 1. The Morgan fingerprint density at radius 3 is 2.33 bits per heavy atom. The van der Waals surface area contributed by atoms with Crippen LogP contribution >= 0.6 is 11.6 Å². The normalized spacial score (nSPS) is 12.1. The van der Waals surface area contributed by atoms with E-state index in [1.807, 2.05) is 30.3 Å². The Balaban J connectivity index is 2.05. The molecule has 0 bridgehead atoms. The van der Waals surface area contributed by atoms with Crippen molar-refractivity contribution >= 4 is 17.6 Å². The minimum Gasteiger partial charge on any atom is -0.446 e. The maximum atomic E-state index is 11.7. The Bertz CT molecular complexity index is 378. The van der Waals surface area contributed by atoms with Crippen molar-refractivity contribution in [3.8, 4) is 0 Å². The molecule has 1 atom stereocenters. The fraction of sp³-hybridized carbons (Fsp3) is 0.611. The summed E-state index contributed by atoms with van der Waals surface area (Å²) in [5, 5.41) is 0. The van der Waals surface area contributed by atoms with Gasteiger partial charge in [-0.2, -0.15) is 0 Å². The summed E-state index contributed by atoms with van der Waals surface area (Å²) in [7, 11) is 0. The zero-order valence-corrected chi connectivity index (χ0v) is 13.8. The highest BCUT2D eigenvalue weighted by molar-refractivity contribution is 6.20. The summed E-state index contributed by atoms with van der Waals surface area (Å²) >= 11 is 6.06. The molecule has 0 saturated heterocycles. The van der Waals surface area contributed by atoms with Crippen LogP contribution in [0, 0.1) is 0 Å². The third-order valence-electron chi connectivity index (χ3n) is 3.48. The van der Waals surface area contributed by atoms with Gasteiger partial charge in [0.05, 0.1) is 0 Å². The molecule has 0 aliphatic carbocycles. The first-order valence-corrected chi connectivity index (χ1v) is 8.53. The van der Waals surface area contributed by atoms with Crippen molar-refractivity contribution in [3.63, 3.8) is 0 Å². The summed E-state index contributed by atoms with van der Waals surface area (Å²) in [4.78, 5) is 11.7. The van der Waals surface area contributed by atoms with E-state index in [9.17, 15) is 4.79 Å². The predicted octanol–water partition coefficient (Wildman–Crippen LogP) is 5.48. The first-order chi connectivity index (χ1) is 10.2. The van der Waals surface area contributed by atoms with E-state index in [0.29, 0.717) is 12.8 Å². The molecule has 0 saturated carbocycles. The maximum absolute atomic E-state index is 11.7. The molecule has 2 nitrogen and oxygen atoms in total. The van der Waals surface area contributed by atoms with E-state index in [1.54, 1.807) is 0 Å². The lowest BCUT2D eigenvalue weighted by molar-refractivity contribution is -0.145. The topological polar surface area (TPSA) is 26.3 Å². The highest BCUT2D eigenvalue weighted by Gasteiger charge is 2.11. The maximum Gasteiger partial charge on any atom is 0.307 e. The minimum absolute atomic E-state index is 0.181. The van der Waals surface area contributed by atoms with Gasteiger partial charge in [0.15, 0.2) is 5.56 Å². The van der Waals surface area contributed by atoms with E-state index in [-0.39, 0.29) is 5.97 Å². The molecule has 0 aromatic heterocycles. The second-order valence-electron chi connectivity index (χ2n) is 5.46. The van der Waals surface area contributed by atoms with Crippen LogP contribution in [0.1, 0.15) is 63.9 Å². The van der Waals surface area contributed by atoms with Crippen molar-refractivity contribution in [1.82, 2.24) is 0 Å². The number of unbranched alkanes of at least 4 members (excludes halogenated alkanes) is 6. The number of alkyl halides is 1. The second kappa shape index (κ2) is 11.6. The lowest BCUT2D eigenvalue weighted by Gasteiger charge is -2.11. The molecule has 0 aliphatic heterocycles. The fourth-order valence-electron chi connectivity index (χ4n) is 2.27. The first-order valence-electron chi connectivity index (χ1n) is 8.10. The Morgan fingerprint density at radius 2 is 1.67 bits per heavy atom. The minimum atomic E-state index is -0.565. The van der Waals surface area contributed by atoms with Gasteiger partial charge in [-0.25, -0.2) is 0 Å². The summed E-state index contributed by atoms with van der Waals surface area (Å²) in [6.45, 7) is 2.22. The standard InChI is InChI=1S/C18H27ClO2/c1-2-3-4-5-6-7-11-14-18(20)21-17(19)15-16-12-9-8-10-13-16/h8-10,12-13,17H,2-7,11,14-15H2,1H3. The predicted molar refractivity (Wildman–Crippen MR) is 88.5 cm³/mol. The largest absolute Gasteiger partial charge is 0.446 e. The van der Waals surface area contributed by atoms with E-state index in [0.717, 1.165) is 18.4 Å². The van der Waals surface area contributed by atoms with Crippen LogP contribution in [0.3, 0.4) is 0 Å². The van der Waals surface area contributed by atoms with Crippen LogP contribution in [0.4, 0.5) is 0 Å². The van der Waals surface area contributed by atoms with Crippen LogP contribution in [0.2, 0.25) is 0 Å². The second-order valence-corrected chi connectivity index (χ2v) is 5.95. The van der Waals surface area contributed by atoms with Crippen molar-refractivity contribution in [1.29, 1.82) is 0 Å². The molecule has 21 heavy (non-hydrogen) atoms. The van der Waals surface area contributed by atoms with Crippen molar-refractivity contribution in [2.24, 2.45) is 0 Å². The van der Waals surface area contributed by atoms with Gasteiger partial charge in [0.2, 0.25) is 0 Å². The van der Waals surface area contributed by atoms with Gasteiger partial charge in [-0.05, 0) is 12.0 Å². The van der Waals surface area contributed by atoms with E-state index in [1.165, 1.54) is 32.1 Å². The highest BCUT2D eigenvalue weighted by Crippen LogP contribution is 2.12. The molecule has 0 aliphatic rings. The SMILES string of the molecule is CCCCCCCCCC(=O)OC(Cl)Cc1ccccc1. The fourth-order valence-corrected chi connectivity index (χ4v) is 2.55. The lowest BCUT2D eigenvalue weighted by atomic mass is 10.1. The molecular formula is C18H27ClO2. The van der Waals surface area contributed by atoms with Gasteiger partial charge in [-0.1, -0.05) is 87.4 Å². The van der Waals surface area contributed by atoms with E-state index < -0.39 is 5.56 Å². The summed E-state index contributed by atoms with van der Waals surface area (Å²) in [6.07, 6.45) is 9.42. The number of esters is 1. The van der Waals surface area contributed by atoms with Crippen LogP contribution in [-0.4, -0.2) is 11.5 Å². The summed E-state index contributed by atoms with van der Waals surface area (Å²) in [5.41, 5.74) is 0.519. The summed E-state index contributed by atoms with van der Waals surface area (Å²) in [5.74, 6) is -0.181. The number of benzene rings is 1. The summed E-state index contributed by atoms with van der Waals surface area (Å²) < 4.78 is 5.23. The Kier molecular flexibility index (Phi) is 9.98. The zero-order chi connectivity index (χ0) is 15.3. The van der Waals surface area contributed by atoms with Crippen LogP contribution in [0.15, 0.2) is 30.3 Å². The van der Waals surface area contributed by atoms with E-state index in [4.69, 9.17) is 16.3 Å². The molecule has 0 N–H and O–H groups in total. The number of ether oxygens (including phenoxy) is 1. The third kappa shape index (κ3) is 9.52. The first kappa shape index (κ1) is 18.0. The molecule has 1 aromatic rings. The molecule has 0 spiro atoms. The van der Waals surface area contributed by atoms with Gasteiger partial charge in [-0.15, -0.1) is 0 Å². The van der Waals surface area contributed by atoms with E-state index in [2.05, 4.69) is 6.92 Å². The van der Waals surface area contributed by atoms with Crippen LogP contribution in [-0.2, 0) is 16.0 Å². The number of carbonyl (C=O) groups is 1. The van der Waals surface area contributed by atoms with Crippen LogP contribution < -0.4 is 0 Å². The van der Waals surface area contributed by atoms with Crippen molar-refractivity contribution in [3.05, 3.63) is 35.9 Å². The van der Waals surface area contributed by atoms with Crippen LogP contribution in [0.25, 0.3) is 0 Å². The smallest absolute Gasteiger partial charge is 0.307 e. The Labute approximate surface area is 133 Å². The van der Waals surface area contributed by atoms with Crippen molar-refractivity contribution < 1.29 is 9.53 Å². The van der Waals surface area contributed by atoms with Gasteiger partial charge in [0, 0.05) is 12.8 Å². The average molecular weight is 311 g/mol. The highest BCUT2D eigenvalue weighted by atomic mass is 35.5. The van der Waals surface area contributed by atoms with Gasteiger partial charge in [-0.3, -0.25) is 4.79 Å². The molecule has 1 aromatic carbocycles. The molecule has 0 heterocycles. The molecule has 3 heteroatoms. The Morgan fingerprint density at radius 1 is 1.05 bits per heavy atom. The number of hydrogen-bond donors (Lipinski definition) is 0. The number of hydrogen-bond acceptors (Lipinski definition) is 2. The number of rotatable bonds is 11. The monoisotopic (exact) mass is 310 g/mol. The molecule has 118 valence electrons. The van der Waals surface area contributed by atoms with Gasteiger partial charge < -0.3 is 4.74 Å².